The van der Waals surface area contributed by atoms with Crippen LogP contribution in [0.3, 0.4) is 0 Å². The van der Waals surface area contributed by atoms with Gasteiger partial charge in [-0.05, 0) is 50.6 Å². The van der Waals surface area contributed by atoms with E-state index >= 15 is 0 Å². The third kappa shape index (κ3) is 4.96. The summed E-state index contributed by atoms with van der Waals surface area (Å²) in [4.78, 5) is 2.68. The van der Waals surface area contributed by atoms with E-state index in [-0.39, 0.29) is 0 Å². The minimum Gasteiger partial charge on any atom is -0.300 e. The maximum atomic E-state index is 11.4. The molecule has 1 atom stereocenters. The Kier molecular flexibility index (Phi) is 5.56. The predicted octanol–water partition coefficient (Wildman–Crippen LogP) is 3.13. The molecule has 3 nitrogen and oxygen atoms in total. The lowest BCUT2D eigenvalue weighted by molar-refractivity contribution is 0.246. The van der Waals surface area contributed by atoms with Crippen molar-refractivity contribution in [2.24, 2.45) is 5.92 Å². The van der Waals surface area contributed by atoms with Crippen LogP contribution in [-0.2, 0) is 9.84 Å². The van der Waals surface area contributed by atoms with Gasteiger partial charge >= 0.3 is 0 Å². The van der Waals surface area contributed by atoms with Crippen molar-refractivity contribution in [2.75, 3.05) is 19.8 Å². The molecule has 108 valence electrons. The van der Waals surface area contributed by atoms with E-state index < -0.39 is 9.84 Å². The summed E-state index contributed by atoms with van der Waals surface area (Å²) in [7, 11) is -0.992. The molecule has 0 aliphatic rings. The van der Waals surface area contributed by atoms with Crippen LogP contribution >= 0.6 is 0 Å². The van der Waals surface area contributed by atoms with Crippen molar-refractivity contribution in [1.29, 1.82) is 0 Å². The maximum Gasteiger partial charge on any atom is 0.175 e. The number of nitrogens with zero attached hydrogens (tertiary/aromatic N) is 1. The van der Waals surface area contributed by atoms with Gasteiger partial charge in [0.25, 0.3) is 0 Å². The molecule has 1 aromatic rings. The number of rotatable bonds is 6. The Hall–Kier alpha value is -0.870. The number of hydrogen-bond donors (Lipinski definition) is 0. The van der Waals surface area contributed by atoms with Crippen molar-refractivity contribution in [3.05, 3.63) is 29.8 Å². The van der Waals surface area contributed by atoms with E-state index in [0.29, 0.717) is 16.9 Å². The second-order valence-corrected chi connectivity index (χ2v) is 7.70. The van der Waals surface area contributed by atoms with Crippen LogP contribution in [0.25, 0.3) is 0 Å². The molecule has 4 heteroatoms. The van der Waals surface area contributed by atoms with Crippen LogP contribution in [0.5, 0.6) is 0 Å². The lowest BCUT2D eigenvalue weighted by atomic mass is 10.1. The highest BCUT2D eigenvalue weighted by Gasteiger charge is 2.13. The molecule has 0 spiro atoms. The lowest BCUT2D eigenvalue weighted by Gasteiger charge is -2.26. The second-order valence-electron chi connectivity index (χ2n) is 5.68. The van der Waals surface area contributed by atoms with E-state index in [1.807, 2.05) is 12.1 Å². The molecule has 1 aromatic carbocycles. The first-order valence-corrected chi connectivity index (χ1v) is 8.61. The molecule has 0 aliphatic carbocycles. The molecule has 0 N–H and O–H groups in total. The molecule has 0 radical (unpaired) electrons. The summed E-state index contributed by atoms with van der Waals surface area (Å²) < 4.78 is 22.8. The fourth-order valence-electron chi connectivity index (χ4n) is 1.90. The fraction of sp³-hybridized carbons (Fsp3) is 0.600. The van der Waals surface area contributed by atoms with Gasteiger partial charge in [-0.3, -0.25) is 4.90 Å². The zero-order valence-electron chi connectivity index (χ0n) is 12.6. The molecular weight excluding hydrogens is 258 g/mol. The monoisotopic (exact) mass is 283 g/mol. The van der Waals surface area contributed by atoms with Gasteiger partial charge < -0.3 is 0 Å². The van der Waals surface area contributed by atoms with Gasteiger partial charge in [-0.1, -0.05) is 26.0 Å². The summed E-state index contributed by atoms with van der Waals surface area (Å²) in [6.07, 6.45) is 2.41. The second kappa shape index (κ2) is 6.53. The Labute approximate surface area is 117 Å². The van der Waals surface area contributed by atoms with E-state index in [2.05, 4.69) is 32.7 Å². The quantitative estimate of drug-likeness (QED) is 0.805. The van der Waals surface area contributed by atoms with Crippen molar-refractivity contribution >= 4 is 9.84 Å². The van der Waals surface area contributed by atoms with E-state index in [9.17, 15) is 8.42 Å². The SMILES string of the molecule is CC(C)CCN(C)[C@H](C)c1ccc(S(C)(=O)=O)cc1. The molecule has 0 saturated carbocycles. The van der Waals surface area contributed by atoms with E-state index in [0.717, 1.165) is 12.1 Å². The summed E-state index contributed by atoms with van der Waals surface area (Å²) in [5, 5.41) is 0. The van der Waals surface area contributed by atoms with Crippen LogP contribution in [0.2, 0.25) is 0 Å². The topological polar surface area (TPSA) is 37.4 Å². The molecule has 0 fully saturated rings. The van der Waals surface area contributed by atoms with Crippen molar-refractivity contribution in [3.63, 3.8) is 0 Å². The molecule has 1 rings (SSSR count). The molecule has 19 heavy (non-hydrogen) atoms. The van der Waals surface area contributed by atoms with Crippen LogP contribution in [0.15, 0.2) is 29.2 Å². The first-order valence-electron chi connectivity index (χ1n) is 6.72. The van der Waals surface area contributed by atoms with E-state index in [1.54, 1.807) is 12.1 Å². The average molecular weight is 283 g/mol. The Morgan fingerprint density at radius 2 is 1.63 bits per heavy atom. The van der Waals surface area contributed by atoms with Gasteiger partial charge in [0.15, 0.2) is 9.84 Å². The normalized spacial score (nSPS) is 14.1. The first kappa shape index (κ1) is 16.2. The van der Waals surface area contributed by atoms with Gasteiger partial charge in [-0.2, -0.15) is 0 Å². The van der Waals surface area contributed by atoms with Gasteiger partial charge in [-0.25, -0.2) is 8.42 Å². The minimum absolute atomic E-state index is 0.298. The third-order valence-corrected chi connectivity index (χ3v) is 4.64. The van der Waals surface area contributed by atoms with Crippen LogP contribution in [0.4, 0.5) is 0 Å². The highest BCUT2D eigenvalue weighted by Crippen LogP contribution is 2.21. The first-order chi connectivity index (χ1) is 8.71. The zero-order chi connectivity index (χ0) is 14.6. The van der Waals surface area contributed by atoms with Gasteiger partial charge in [-0.15, -0.1) is 0 Å². The van der Waals surface area contributed by atoms with Gasteiger partial charge in [0.2, 0.25) is 0 Å². The van der Waals surface area contributed by atoms with Gasteiger partial charge in [0.05, 0.1) is 4.90 Å². The molecule has 0 heterocycles. The Morgan fingerprint density at radius 1 is 1.11 bits per heavy atom. The number of hydrogen-bond acceptors (Lipinski definition) is 3. The largest absolute Gasteiger partial charge is 0.300 e. The van der Waals surface area contributed by atoms with Crippen LogP contribution in [-0.4, -0.2) is 33.2 Å². The van der Waals surface area contributed by atoms with Crippen molar-refractivity contribution in [3.8, 4) is 0 Å². The summed E-state index contributed by atoms with van der Waals surface area (Å²) in [6, 6.07) is 7.50. The van der Waals surface area contributed by atoms with E-state index in [1.165, 1.54) is 12.7 Å². The van der Waals surface area contributed by atoms with Crippen LogP contribution in [0, 0.1) is 5.92 Å². The van der Waals surface area contributed by atoms with Crippen LogP contribution < -0.4 is 0 Å². The smallest absolute Gasteiger partial charge is 0.175 e. The Balaban J connectivity index is 2.75. The third-order valence-electron chi connectivity index (χ3n) is 3.51. The highest BCUT2D eigenvalue weighted by atomic mass is 32.2. The Bertz CT molecular complexity index is 491. The average Bonchev–Trinajstić information content (AvgIpc) is 2.34. The Morgan fingerprint density at radius 3 is 2.05 bits per heavy atom. The molecule has 0 aromatic heterocycles. The summed E-state index contributed by atoms with van der Waals surface area (Å²) in [6.45, 7) is 7.64. The molecule has 0 saturated heterocycles. The molecule has 0 bridgehead atoms. The van der Waals surface area contributed by atoms with Crippen molar-refractivity contribution in [1.82, 2.24) is 4.90 Å². The fourth-order valence-corrected chi connectivity index (χ4v) is 2.53. The molecule has 0 amide bonds. The summed E-state index contributed by atoms with van der Waals surface area (Å²) in [5.41, 5.74) is 1.15. The molecule has 0 unspecified atom stereocenters. The summed E-state index contributed by atoms with van der Waals surface area (Å²) in [5.74, 6) is 0.697. The van der Waals surface area contributed by atoms with Crippen molar-refractivity contribution in [2.45, 2.75) is 38.1 Å². The van der Waals surface area contributed by atoms with Gasteiger partial charge in [0, 0.05) is 12.3 Å². The van der Waals surface area contributed by atoms with Gasteiger partial charge in [0.1, 0.15) is 0 Å². The number of benzene rings is 1. The van der Waals surface area contributed by atoms with E-state index in [4.69, 9.17) is 0 Å². The highest BCUT2D eigenvalue weighted by molar-refractivity contribution is 7.90. The lowest BCUT2D eigenvalue weighted by Crippen LogP contribution is -2.24. The zero-order valence-corrected chi connectivity index (χ0v) is 13.4. The van der Waals surface area contributed by atoms with Crippen LogP contribution in [0.1, 0.15) is 38.8 Å². The maximum absolute atomic E-state index is 11.4. The predicted molar refractivity (Wildman–Crippen MR) is 80.1 cm³/mol. The summed E-state index contributed by atoms with van der Waals surface area (Å²) >= 11 is 0. The van der Waals surface area contributed by atoms with Crippen molar-refractivity contribution < 1.29 is 8.42 Å². The molecular formula is C15H25NO2S. The standard InChI is InChI=1S/C15H25NO2S/c1-12(2)10-11-16(4)13(3)14-6-8-15(9-7-14)19(5,17)18/h6-9,12-13H,10-11H2,1-5H3/t13-/m1/s1. The number of sulfone groups is 1. The minimum atomic E-state index is -3.10. The molecule has 0 aliphatic heterocycles.